The summed E-state index contributed by atoms with van der Waals surface area (Å²) < 4.78 is 0. The van der Waals surface area contributed by atoms with E-state index in [2.05, 4.69) is 55.1 Å². The van der Waals surface area contributed by atoms with Crippen LogP contribution in [0.1, 0.15) is 27.1 Å². The Labute approximate surface area is 133 Å². The highest BCUT2D eigenvalue weighted by molar-refractivity contribution is 7.18. The molecule has 0 aliphatic carbocycles. The van der Waals surface area contributed by atoms with Gasteiger partial charge in [0.25, 0.3) is 0 Å². The Bertz CT molecular complexity index is 773. The Hall–Kier alpha value is -1.46. The molecular weight excluding hydrogens is 298 g/mol. The highest BCUT2D eigenvalue weighted by atomic mass is 32.1. The van der Waals surface area contributed by atoms with Gasteiger partial charge in [-0.3, -0.25) is 0 Å². The predicted octanol–water partition coefficient (Wildman–Crippen LogP) is 4.72. The van der Waals surface area contributed by atoms with Gasteiger partial charge >= 0.3 is 0 Å². The zero-order chi connectivity index (χ0) is 15.0. The monoisotopic (exact) mass is 317 g/mol. The molecule has 1 atom stereocenters. The number of nitrogens with one attached hydrogen (secondary N) is 1. The van der Waals surface area contributed by atoms with Crippen LogP contribution in [-0.4, -0.2) is 16.0 Å². The van der Waals surface area contributed by atoms with Gasteiger partial charge in [-0.1, -0.05) is 0 Å². The molecule has 0 fully saturated rings. The van der Waals surface area contributed by atoms with Gasteiger partial charge in [0.2, 0.25) is 0 Å². The molecule has 0 aliphatic rings. The summed E-state index contributed by atoms with van der Waals surface area (Å²) in [4.78, 5) is 14.0. The standard InChI is InChI=1S/C16H19N3S2/c1-9(7-13-6-5-10(2)20-13)19-15-14-11(3)12(4)21-16(14)18-8-17-15/h5-6,8-9H,7H2,1-4H3,(H,17,18,19). The Morgan fingerprint density at radius 3 is 2.67 bits per heavy atom. The number of fused-ring (bicyclic) bond motifs is 1. The molecule has 3 aromatic rings. The molecule has 0 amide bonds. The molecule has 0 aliphatic heterocycles. The third-order valence-electron chi connectivity index (χ3n) is 3.65. The minimum absolute atomic E-state index is 0.348. The van der Waals surface area contributed by atoms with E-state index in [0.717, 1.165) is 17.1 Å². The Morgan fingerprint density at radius 1 is 1.14 bits per heavy atom. The van der Waals surface area contributed by atoms with E-state index < -0.39 is 0 Å². The van der Waals surface area contributed by atoms with Gasteiger partial charge < -0.3 is 5.32 Å². The van der Waals surface area contributed by atoms with Gasteiger partial charge in [-0.25, -0.2) is 9.97 Å². The lowest BCUT2D eigenvalue weighted by molar-refractivity contribution is 0.795. The zero-order valence-corrected chi connectivity index (χ0v) is 14.4. The first kappa shape index (κ1) is 14.5. The van der Waals surface area contributed by atoms with Crippen molar-refractivity contribution in [3.05, 3.63) is 38.7 Å². The van der Waals surface area contributed by atoms with E-state index in [1.54, 1.807) is 17.7 Å². The second-order valence-electron chi connectivity index (χ2n) is 5.45. The number of thiophene rings is 2. The normalized spacial score (nSPS) is 12.8. The van der Waals surface area contributed by atoms with Gasteiger partial charge in [-0.05, 0) is 45.4 Å². The molecule has 0 bridgehead atoms. The SMILES string of the molecule is Cc1ccc(CC(C)Nc2ncnc3sc(C)c(C)c23)s1. The van der Waals surface area contributed by atoms with Crippen molar-refractivity contribution in [2.75, 3.05) is 5.32 Å². The number of aryl methyl sites for hydroxylation is 3. The molecule has 3 aromatic heterocycles. The van der Waals surface area contributed by atoms with Crippen molar-refractivity contribution in [1.82, 2.24) is 9.97 Å². The fourth-order valence-electron chi connectivity index (χ4n) is 2.47. The molecule has 0 radical (unpaired) electrons. The summed E-state index contributed by atoms with van der Waals surface area (Å²) >= 11 is 3.61. The predicted molar refractivity (Wildman–Crippen MR) is 92.7 cm³/mol. The van der Waals surface area contributed by atoms with Crippen molar-refractivity contribution in [2.24, 2.45) is 0 Å². The molecule has 1 N–H and O–H groups in total. The lowest BCUT2D eigenvalue weighted by Crippen LogP contribution is -2.18. The van der Waals surface area contributed by atoms with E-state index in [1.165, 1.54) is 25.6 Å². The largest absolute Gasteiger partial charge is 0.367 e. The molecule has 21 heavy (non-hydrogen) atoms. The Kier molecular flexibility index (Phi) is 3.95. The smallest absolute Gasteiger partial charge is 0.138 e. The zero-order valence-electron chi connectivity index (χ0n) is 12.7. The van der Waals surface area contributed by atoms with Crippen molar-refractivity contribution in [1.29, 1.82) is 0 Å². The first-order valence-corrected chi connectivity index (χ1v) is 8.70. The number of rotatable bonds is 4. The first-order valence-electron chi connectivity index (χ1n) is 7.07. The average molecular weight is 317 g/mol. The van der Waals surface area contributed by atoms with E-state index >= 15 is 0 Å². The van der Waals surface area contributed by atoms with Gasteiger partial charge in [-0.15, -0.1) is 22.7 Å². The molecule has 5 heteroatoms. The maximum absolute atomic E-state index is 4.46. The summed E-state index contributed by atoms with van der Waals surface area (Å²) in [6.45, 7) is 8.65. The second kappa shape index (κ2) is 5.73. The van der Waals surface area contributed by atoms with Crippen molar-refractivity contribution < 1.29 is 0 Å². The molecule has 0 saturated heterocycles. The molecule has 0 saturated carbocycles. The molecule has 3 heterocycles. The number of nitrogens with zero attached hydrogens (tertiary/aromatic N) is 2. The lowest BCUT2D eigenvalue weighted by Gasteiger charge is -2.14. The van der Waals surface area contributed by atoms with Crippen molar-refractivity contribution in [3.8, 4) is 0 Å². The molecule has 0 aromatic carbocycles. The molecule has 3 nitrogen and oxygen atoms in total. The van der Waals surface area contributed by atoms with Crippen LogP contribution >= 0.6 is 22.7 Å². The fraction of sp³-hybridized carbons (Fsp3) is 0.375. The maximum Gasteiger partial charge on any atom is 0.138 e. The van der Waals surface area contributed by atoms with E-state index in [-0.39, 0.29) is 0 Å². The minimum atomic E-state index is 0.348. The van der Waals surface area contributed by atoms with Crippen LogP contribution in [0.4, 0.5) is 5.82 Å². The summed E-state index contributed by atoms with van der Waals surface area (Å²) in [7, 11) is 0. The van der Waals surface area contributed by atoms with E-state index in [9.17, 15) is 0 Å². The lowest BCUT2D eigenvalue weighted by atomic mass is 10.1. The summed E-state index contributed by atoms with van der Waals surface area (Å²) in [6.07, 6.45) is 2.67. The van der Waals surface area contributed by atoms with Crippen LogP contribution in [0.25, 0.3) is 10.2 Å². The average Bonchev–Trinajstić information content (AvgIpc) is 2.95. The molecular formula is C16H19N3S2. The number of aromatic nitrogens is 2. The van der Waals surface area contributed by atoms with Crippen LogP contribution in [0.2, 0.25) is 0 Å². The van der Waals surface area contributed by atoms with Crippen LogP contribution in [0.5, 0.6) is 0 Å². The summed E-state index contributed by atoms with van der Waals surface area (Å²) in [5.41, 5.74) is 1.29. The van der Waals surface area contributed by atoms with Crippen molar-refractivity contribution in [3.63, 3.8) is 0 Å². The van der Waals surface area contributed by atoms with Crippen molar-refractivity contribution in [2.45, 2.75) is 40.2 Å². The third-order valence-corrected chi connectivity index (χ3v) is 5.79. The second-order valence-corrected chi connectivity index (χ2v) is 8.02. The van der Waals surface area contributed by atoms with Gasteiger partial charge in [0.15, 0.2) is 0 Å². The minimum Gasteiger partial charge on any atom is -0.367 e. The highest BCUT2D eigenvalue weighted by Crippen LogP contribution is 2.32. The summed E-state index contributed by atoms with van der Waals surface area (Å²) in [5, 5.41) is 4.73. The summed E-state index contributed by atoms with van der Waals surface area (Å²) in [6, 6.07) is 4.75. The van der Waals surface area contributed by atoms with Gasteiger partial charge in [0.1, 0.15) is 17.0 Å². The number of hydrogen-bond acceptors (Lipinski definition) is 5. The van der Waals surface area contributed by atoms with Gasteiger partial charge in [-0.2, -0.15) is 0 Å². The van der Waals surface area contributed by atoms with Crippen LogP contribution in [-0.2, 0) is 6.42 Å². The van der Waals surface area contributed by atoms with Crippen molar-refractivity contribution >= 4 is 38.7 Å². The molecule has 110 valence electrons. The molecule has 1 unspecified atom stereocenters. The molecule has 3 rings (SSSR count). The Balaban J connectivity index is 1.84. The number of anilines is 1. The van der Waals surface area contributed by atoms with E-state index in [0.29, 0.717) is 6.04 Å². The van der Waals surface area contributed by atoms with Gasteiger partial charge in [0, 0.05) is 27.1 Å². The number of hydrogen-bond donors (Lipinski definition) is 1. The first-order chi connectivity index (χ1) is 10.0. The quantitative estimate of drug-likeness (QED) is 0.756. The maximum atomic E-state index is 4.46. The summed E-state index contributed by atoms with van der Waals surface area (Å²) in [5.74, 6) is 0.961. The van der Waals surface area contributed by atoms with E-state index in [4.69, 9.17) is 0 Å². The van der Waals surface area contributed by atoms with Crippen LogP contribution in [0.15, 0.2) is 18.5 Å². The van der Waals surface area contributed by atoms with Crippen LogP contribution < -0.4 is 5.32 Å². The Morgan fingerprint density at radius 2 is 1.95 bits per heavy atom. The van der Waals surface area contributed by atoms with Crippen LogP contribution in [0.3, 0.4) is 0 Å². The highest BCUT2D eigenvalue weighted by Gasteiger charge is 2.14. The third kappa shape index (κ3) is 2.94. The van der Waals surface area contributed by atoms with E-state index in [1.807, 2.05) is 11.3 Å². The topological polar surface area (TPSA) is 37.8 Å². The van der Waals surface area contributed by atoms with Crippen LogP contribution in [0, 0.1) is 20.8 Å². The molecule has 0 spiro atoms. The van der Waals surface area contributed by atoms with Gasteiger partial charge in [0.05, 0.1) is 5.39 Å². The fourth-order valence-corrected chi connectivity index (χ4v) is 4.49.